The average Bonchev–Trinajstić information content (AvgIpc) is 3.76. The Morgan fingerprint density at radius 1 is 0.919 bits per heavy atom. The maximum absolute atomic E-state index is 12.4. The summed E-state index contributed by atoms with van der Waals surface area (Å²) < 4.78 is 5.30. The van der Waals surface area contributed by atoms with Gasteiger partial charge >= 0.3 is 5.97 Å². The Labute approximate surface area is 219 Å². The maximum atomic E-state index is 12.4. The predicted octanol–water partition coefficient (Wildman–Crippen LogP) is 7.07. The molecule has 0 amide bonds. The van der Waals surface area contributed by atoms with E-state index in [1.807, 2.05) is 25.3 Å². The molecule has 5 rings (SSSR count). The second-order valence-electron chi connectivity index (χ2n) is 9.81. The first-order valence-corrected chi connectivity index (χ1v) is 13.2. The predicted molar refractivity (Wildman–Crippen MR) is 147 cm³/mol. The summed E-state index contributed by atoms with van der Waals surface area (Å²) >= 11 is 0. The van der Waals surface area contributed by atoms with E-state index in [4.69, 9.17) is 4.74 Å². The highest BCUT2D eigenvalue weighted by atomic mass is 16.5. The van der Waals surface area contributed by atoms with Gasteiger partial charge in [0.25, 0.3) is 0 Å². The van der Waals surface area contributed by atoms with Crippen LogP contribution in [0.1, 0.15) is 55.4 Å². The first-order valence-electron chi connectivity index (χ1n) is 13.2. The van der Waals surface area contributed by atoms with Gasteiger partial charge in [0.05, 0.1) is 18.1 Å². The van der Waals surface area contributed by atoms with Gasteiger partial charge in [-0.2, -0.15) is 0 Å². The Morgan fingerprint density at radius 2 is 1.57 bits per heavy atom. The molecule has 1 atom stereocenters. The minimum atomic E-state index is -0.539. The molecule has 4 nitrogen and oxygen atoms in total. The summed E-state index contributed by atoms with van der Waals surface area (Å²) in [6.07, 6.45) is 7.32. The van der Waals surface area contributed by atoms with Gasteiger partial charge in [0.15, 0.2) is 0 Å². The third-order valence-corrected chi connectivity index (χ3v) is 7.38. The fourth-order valence-corrected chi connectivity index (χ4v) is 5.07. The number of aliphatic hydroxyl groups excluding tert-OH is 1. The number of aromatic nitrogens is 1. The largest absolute Gasteiger partial charge is 0.465 e. The van der Waals surface area contributed by atoms with Crippen molar-refractivity contribution in [1.82, 2.24) is 4.98 Å². The standard InChI is InChI=1S/C33H33NO3/c1-2-37-32(36)33(20-21-33)28-17-15-26(16-18-28)25-11-13-27(14-12-25)30-23-34-22-19-29(30)31(35)10-6-9-24-7-4-3-5-8-24/h3-5,7-8,11-19,22-23,31,35H,2,6,9-10,20-21H2,1H3. The second-order valence-corrected chi connectivity index (χ2v) is 9.81. The van der Waals surface area contributed by atoms with Crippen molar-refractivity contribution >= 4 is 5.97 Å². The van der Waals surface area contributed by atoms with Gasteiger partial charge in [-0.25, -0.2) is 0 Å². The van der Waals surface area contributed by atoms with E-state index < -0.39 is 11.5 Å². The summed E-state index contributed by atoms with van der Waals surface area (Å²) in [7, 11) is 0. The third-order valence-electron chi connectivity index (χ3n) is 7.38. The number of carbonyl (C=O) groups excluding carboxylic acids is 1. The number of carbonyl (C=O) groups is 1. The van der Waals surface area contributed by atoms with Gasteiger partial charge in [-0.3, -0.25) is 9.78 Å². The van der Waals surface area contributed by atoms with Crippen molar-refractivity contribution in [2.45, 2.75) is 50.5 Å². The van der Waals surface area contributed by atoms with E-state index in [1.54, 1.807) is 6.20 Å². The van der Waals surface area contributed by atoms with Crippen LogP contribution in [0.25, 0.3) is 22.3 Å². The molecule has 3 aromatic carbocycles. The van der Waals surface area contributed by atoms with Crippen LogP contribution in [0.5, 0.6) is 0 Å². The van der Waals surface area contributed by atoms with Gasteiger partial charge in [0.1, 0.15) is 0 Å². The number of ether oxygens (including phenoxy) is 1. The number of benzene rings is 3. The van der Waals surface area contributed by atoms with Crippen molar-refractivity contribution in [1.29, 1.82) is 0 Å². The maximum Gasteiger partial charge on any atom is 0.316 e. The normalized spacial score (nSPS) is 14.6. The monoisotopic (exact) mass is 491 g/mol. The van der Waals surface area contributed by atoms with Crippen molar-refractivity contribution < 1.29 is 14.6 Å². The van der Waals surface area contributed by atoms with Crippen LogP contribution in [-0.4, -0.2) is 22.7 Å². The molecular weight excluding hydrogens is 458 g/mol. The summed E-state index contributed by atoms with van der Waals surface area (Å²) in [5, 5.41) is 11.0. The first kappa shape index (κ1) is 24.9. The minimum Gasteiger partial charge on any atom is -0.465 e. The van der Waals surface area contributed by atoms with Gasteiger partial charge in [0.2, 0.25) is 0 Å². The molecule has 188 valence electrons. The van der Waals surface area contributed by atoms with Gasteiger partial charge in [0, 0.05) is 18.0 Å². The molecule has 0 aliphatic heterocycles. The molecule has 4 aromatic rings. The topological polar surface area (TPSA) is 59.4 Å². The number of rotatable bonds is 10. The van der Waals surface area contributed by atoms with E-state index in [1.165, 1.54) is 5.56 Å². The molecule has 0 saturated heterocycles. The number of esters is 1. The van der Waals surface area contributed by atoms with Crippen LogP contribution >= 0.6 is 0 Å². The van der Waals surface area contributed by atoms with Crippen LogP contribution in [0.4, 0.5) is 0 Å². The summed E-state index contributed by atoms with van der Waals surface area (Å²) in [4.78, 5) is 16.7. The molecule has 1 aromatic heterocycles. The molecule has 4 heteroatoms. The SMILES string of the molecule is CCOC(=O)C1(c2ccc(-c3ccc(-c4cnccc4C(O)CCCc4ccccc4)cc3)cc2)CC1. The Kier molecular flexibility index (Phi) is 7.47. The molecule has 1 saturated carbocycles. The summed E-state index contributed by atoms with van der Waals surface area (Å²) in [6.45, 7) is 2.26. The fraction of sp³-hybridized carbons (Fsp3) is 0.273. The van der Waals surface area contributed by atoms with Crippen LogP contribution in [-0.2, 0) is 21.4 Å². The number of aryl methyl sites for hydroxylation is 1. The molecule has 0 radical (unpaired) electrons. The van der Waals surface area contributed by atoms with Crippen molar-refractivity contribution in [3.8, 4) is 22.3 Å². The molecule has 1 heterocycles. The lowest BCUT2D eigenvalue weighted by Crippen LogP contribution is -2.23. The van der Waals surface area contributed by atoms with Crippen LogP contribution in [0, 0.1) is 0 Å². The van der Waals surface area contributed by atoms with Gasteiger partial charge in [-0.15, -0.1) is 0 Å². The lowest BCUT2D eigenvalue weighted by atomic mass is 9.92. The van der Waals surface area contributed by atoms with E-state index in [2.05, 4.69) is 77.8 Å². The summed E-state index contributed by atoms with van der Waals surface area (Å²) in [5.41, 5.74) is 6.98. The zero-order chi connectivity index (χ0) is 25.7. The number of hydrogen-bond donors (Lipinski definition) is 1. The molecule has 37 heavy (non-hydrogen) atoms. The van der Waals surface area contributed by atoms with Crippen molar-refractivity contribution in [2.75, 3.05) is 6.61 Å². The zero-order valence-electron chi connectivity index (χ0n) is 21.3. The minimum absolute atomic E-state index is 0.110. The average molecular weight is 492 g/mol. The molecule has 1 aliphatic rings. The molecule has 0 bridgehead atoms. The lowest BCUT2D eigenvalue weighted by Gasteiger charge is -2.16. The molecule has 0 spiro atoms. The zero-order valence-corrected chi connectivity index (χ0v) is 21.3. The fourth-order valence-electron chi connectivity index (χ4n) is 5.07. The molecule has 1 fully saturated rings. The van der Waals surface area contributed by atoms with E-state index in [-0.39, 0.29) is 5.97 Å². The second kappa shape index (κ2) is 11.1. The van der Waals surface area contributed by atoms with Crippen LogP contribution < -0.4 is 0 Å². The summed E-state index contributed by atoms with van der Waals surface area (Å²) in [6, 6.07) is 28.9. The number of nitrogens with zero attached hydrogens (tertiary/aromatic N) is 1. The highest BCUT2D eigenvalue weighted by molar-refractivity contribution is 5.87. The van der Waals surface area contributed by atoms with Crippen molar-refractivity contribution in [2.24, 2.45) is 0 Å². The third kappa shape index (κ3) is 5.50. The van der Waals surface area contributed by atoms with Gasteiger partial charge in [-0.05, 0) is 78.5 Å². The summed E-state index contributed by atoms with van der Waals surface area (Å²) in [5.74, 6) is -0.110. The Bertz CT molecular complexity index is 1330. The van der Waals surface area contributed by atoms with Gasteiger partial charge < -0.3 is 9.84 Å². The van der Waals surface area contributed by atoms with E-state index >= 15 is 0 Å². The quantitative estimate of drug-likeness (QED) is 0.241. The van der Waals surface area contributed by atoms with Crippen molar-refractivity contribution in [3.05, 3.63) is 114 Å². The van der Waals surface area contributed by atoms with E-state index in [0.29, 0.717) is 13.0 Å². The van der Waals surface area contributed by atoms with Crippen LogP contribution in [0.15, 0.2) is 97.3 Å². The smallest absolute Gasteiger partial charge is 0.316 e. The Morgan fingerprint density at radius 3 is 2.22 bits per heavy atom. The Hall–Kier alpha value is -3.76. The van der Waals surface area contributed by atoms with E-state index in [9.17, 15) is 9.90 Å². The molecule has 1 N–H and O–H groups in total. The lowest BCUT2D eigenvalue weighted by molar-refractivity contribution is -0.146. The first-order chi connectivity index (χ1) is 18.1. The number of aliphatic hydroxyl groups is 1. The van der Waals surface area contributed by atoms with Crippen LogP contribution in [0.2, 0.25) is 0 Å². The Balaban J connectivity index is 1.28. The van der Waals surface area contributed by atoms with Gasteiger partial charge in [-0.1, -0.05) is 78.9 Å². The molecule has 1 unspecified atom stereocenters. The highest BCUT2D eigenvalue weighted by Crippen LogP contribution is 2.49. The molecule has 1 aliphatic carbocycles. The van der Waals surface area contributed by atoms with Crippen molar-refractivity contribution in [3.63, 3.8) is 0 Å². The van der Waals surface area contributed by atoms with Crippen LogP contribution in [0.3, 0.4) is 0 Å². The number of hydrogen-bond acceptors (Lipinski definition) is 4. The van der Waals surface area contributed by atoms with E-state index in [0.717, 1.165) is 59.1 Å². The highest BCUT2D eigenvalue weighted by Gasteiger charge is 2.52. The number of pyridine rings is 1. The molecular formula is C33H33NO3.